The van der Waals surface area contributed by atoms with Crippen molar-refractivity contribution in [3.05, 3.63) is 58.7 Å². The van der Waals surface area contributed by atoms with E-state index >= 15 is 0 Å². The molecule has 0 heterocycles. The van der Waals surface area contributed by atoms with Gasteiger partial charge >= 0.3 is 0 Å². The van der Waals surface area contributed by atoms with Crippen LogP contribution in [-0.4, -0.2) is 0 Å². The first kappa shape index (κ1) is 14.5. The van der Waals surface area contributed by atoms with Crippen molar-refractivity contribution >= 4 is 53.9 Å². The second kappa shape index (κ2) is 4.55. The first-order valence-corrected chi connectivity index (χ1v) is 8.63. The predicted molar refractivity (Wildman–Crippen MR) is 106 cm³/mol. The molecule has 4 heteroatoms. The van der Waals surface area contributed by atoms with Gasteiger partial charge in [0, 0.05) is 43.1 Å². The molecular formula is C24H6N4. The molecule has 0 amide bonds. The first-order valence-electron chi connectivity index (χ1n) is 8.63. The average Bonchev–Trinajstić information content (AvgIpc) is 3.10. The van der Waals surface area contributed by atoms with Gasteiger partial charge in [0.05, 0.1) is 22.3 Å². The summed E-state index contributed by atoms with van der Waals surface area (Å²) in [4.78, 5) is 0. The van der Waals surface area contributed by atoms with Gasteiger partial charge in [0.2, 0.25) is 0 Å². The fourth-order valence-corrected chi connectivity index (χ4v) is 4.90. The topological polar surface area (TPSA) is 95.2 Å². The lowest BCUT2D eigenvalue weighted by molar-refractivity contribution is 1.47. The first-order chi connectivity index (χ1) is 13.7. The summed E-state index contributed by atoms with van der Waals surface area (Å²) in [6.07, 6.45) is 0. The molecule has 0 bridgehead atoms. The van der Waals surface area contributed by atoms with E-state index in [0.29, 0.717) is 22.3 Å². The molecule has 0 unspecified atom stereocenters. The van der Waals surface area contributed by atoms with Crippen molar-refractivity contribution in [2.75, 3.05) is 0 Å². The highest BCUT2D eigenvalue weighted by atomic mass is 14.3. The Bertz CT molecular complexity index is 1670. The summed E-state index contributed by atoms with van der Waals surface area (Å²) in [6, 6.07) is 20.1. The van der Waals surface area contributed by atoms with E-state index in [1.165, 1.54) is 0 Å². The third kappa shape index (κ3) is 1.31. The molecule has 0 aromatic heterocycles. The average molecular weight is 350 g/mol. The summed E-state index contributed by atoms with van der Waals surface area (Å²) in [6.45, 7) is 0. The van der Waals surface area contributed by atoms with Crippen LogP contribution < -0.4 is 0 Å². The highest BCUT2D eigenvalue weighted by molar-refractivity contribution is 6.46. The van der Waals surface area contributed by atoms with Crippen LogP contribution in [0.5, 0.6) is 0 Å². The van der Waals surface area contributed by atoms with E-state index in [2.05, 4.69) is 24.3 Å². The standard InChI is InChI=1S/C24H6N4/c25-7-16-12-3-1-11-2-4-13-17(8-26)19(10-28)15-6-5-14(18(16)9-27)23-21(12)20(11)22(13)24(15)23/h1-6H. The van der Waals surface area contributed by atoms with E-state index in [-0.39, 0.29) is 0 Å². The second-order valence-electron chi connectivity index (χ2n) is 6.93. The molecule has 0 spiro atoms. The van der Waals surface area contributed by atoms with Crippen LogP contribution in [0.3, 0.4) is 0 Å². The zero-order valence-electron chi connectivity index (χ0n) is 14.3. The van der Waals surface area contributed by atoms with Gasteiger partial charge in [-0.25, -0.2) is 0 Å². The normalized spacial score (nSPS) is 11.4. The fourth-order valence-electron chi connectivity index (χ4n) is 4.90. The monoisotopic (exact) mass is 350 g/mol. The highest BCUT2D eigenvalue weighted by Gasteiger charge is 2.27. The van der Waals surface area contributed by atoms with Crippen LogP contribution in [0.4, 0.5) is 0 Å². The molecule has 6 aromatic rings. The Balaban J connectivity index is 2.18. The largest absolute Gasteiger partial charge is 0.192 e. The van der Waals surface area contributed by atoms with Gasteiger partial charge in [-0.1, -0.05) is 36.4 Å². The second-order valence-corrected chi connectivity index (χ2v) is 6.93. The Morgan fingerprint density at radius 3 is 1.00 bits per heavy atom. The Kier molecular flexibility index (Phi) is 2.36. The number of hydrogen-bond acceptors (Lipinski definition) is 4. The molecule has 0 radical (unpaired) electrons. The zero-order chi connectivity index (χ0) is 19.2. The molecule has 0 fully saturated rings. The summed E-state index contributed by atoms with van der Waals surface area (Å²) in [7, 11) is 0. The third-order valence-electron chi connectivity index (χ3n) is 5.92. The summed E-state index contributed by atoms with van der Waals surface area (Å²) in [5, 5.41) is 47.8. The van der Waals surface area contributed by atoms with E-state index in [9.17, 15) is 21.0 Å². The molecule has 6 aromatic carbocycles. The van der Waals surface area contributed by atoms with Crippen LogP contribution in [0.15, 0.2) is 36.4 Å². The number of hydrogen-bond donors (Lipinski definition) is 0. The van der Waals surface area contributed by atoms with E-state index in [4.69, 9.17) is 0 Å². The molecule has 0 aliphatic heterocycles. The van der Waals surface area contributed by atoms with E-state index < -0.39 is 0 Å². The molecule has 122 valence electrons. The molecule has 0 saturated carbocycles. The molecule has 0 saturated heterocycles. The van der Waals surface area contributed by atoms with Gasteiger partial charge in [0.25, 0.3) is 0 Å². The fraction of sp³-hybridized carbons (Fsp3) is 0. The number of benzene rings is 5. The summed E-state index contributed by atoms with van der Waals surface area (Å²) < 4.78 is 0. The smallest absolute Gasteiger partial charge is 0.101 e. The van der Waals surface area contributed by atoms with Crippen molar-refractivity contribution in [3.63, 3.8) is 0 Å². The highest BCUT2D eigenvalue weighted by Crippen LogP contribution is 2.51. The van der Waals surface area contributed by atoms with Gasteiger partial charge in [0.15, 0.2) is 0 Å². The van der Waals surface area contributed by atoms with Crippen molar-refractivity contribution in [1.29, 1.82) is 21.0 Å². The predicted octanol–water partition coefficient (Wildman–Crippen LogP) is 5.25. The number of nitriles is 4. The van der Waals surface area contributed by atoms with Crippen LogP contribution in [0.1, 0.15) is 22.3 Å². The molecule has 0 aliphatic rings. The Morgan fingerprint density at radius 2 is 0.679 bits per heavy atom. The lowest BCUT2D eigenvalue weighted by Crippen LogP contribution is -1.91. The molecule has 0 atom stereocenters. The third-order valence-corrected chi connectivity index (χ3v) is 5.92. The van der Waals surface area contributed by atoms with Crippen LogP contribution in [0.25, 0.3) is 53.9 Å². The minimum absolute atomic E-state index is 0.357. The van der Waals surface area contributed by atoms with Gasteiger partial charge in [-0.2, -0.15) is 21.0 Å². The molecule has 28 heavy (non-hydrogen) atoms. The SMILES string of the molecule is N#Cc1c(C#N)c2ccc3c(C#N)c(C#N)c4ccc5ccc1c1c5c4c3c21. The quantitative estimate of drug-likeness (QED) is 0.349. The maximum absolute atomic E-state index is 9.79. The molecule has 6 rings (SSSR count). The van der Waals surface area contributed by atoms with Crippen molar-refractivity contribution in [2.24, 2.45) is 0 Å². The van der Waals surface area contributed by atoms with Gasteiger partial charge in [-0.3, -0.25) is 0 Å². The van der Waals surface area contributed by atoms with Crippen LogP contribution in [0.2, 0.25) is 0 Å². The number of nitrogens with zero attached hydrogens (tertiary/aromatic N) is 4. The Hall–Kier alpha value is -4.64. The van der Waals surface area contributed by atoms with Crippen molar-refractivity contribution in [1.82, 2.24) is 0 Å². The van der Waals surface area contributed by atoms with Gasteiger partial charge in [-0.05, 0) is 10.8 Å². The summed E-state index contributed by atoms with van der Waals surface area (Å²) >= 11 is 0. The maximum atomic E-state index is 9.79. The lowest BCUT2D eigenvalue weighted by Gasteiger charge is -2.10. The Labute approximate surface area is 158 Å². The van der Waals surface area contributed by atoms with Gasteiger partial charge < -0.3 is 0 Å². The van der Waals surface area contributed by atoms with Crippen molar-refractivity contribution in [3.8, 4) is 24.3 Å². The van der Waals surface area contributed by atoms with E-state index in [1.807, 2.05) is 24.3 Å². The maximum Gasteiger partial charge on any atom is 0.101 e. The molecule has 0 N–H and O–H groups in total. The molecule has 0 aliphatic carbocycles. The summed E-state index contributed by atoms with van der Waals surface area (Å²) in [5.74, 6) is 0. The van der Waals surface area contributed by atoms with Gasteiger partial charge in [0.1, 0.15) is 24.3 Å². The minimum atomic E-state index is 0.357. The van der Waals surface area contributed by atoms with E-state index in [0.717, 1.165) is 53.9 Å². The van der Waals surface area contributed by atoms with Crippen LogP contribution in [-0.2, 0) is 0 Å². The van der Waals surface area contributed by atoms with Crippen molar-refractivity contribution < 1.29 is 0 Å². The molecule has 4 nitrogen and oxygen atoms in total. The molecular weight excluding hydrogens is 344 g/mol. The minimum Gasteiger partial charge on any atom is -0.192 e. The van der Waals surface area contributed by atoms with Crippen LogP contribution in [0, 0.1) is 45.3 Å². The lowest BCUT2D eigenvalue weighted by atomic mass is 9.90. The van der Waals surface area contributed by atoms with Crippen LogP contribution >= 0.6 is 0 Å². The van der Waals surface area contributed by atoms with E-state index in [1.54, 1.807) is 12.1 Å². The van der Waals surface area contributed by atoms with Gasteiger partial charge in [-0.15, -0.1) is 0 Å². The number of rotatable bonds is 0. The Morgan fingerprint density at radius 1 is 0.393 bits per heavy atom. The zero-order valence-corrected chi connectivity index (χ0v) is 14.3. The van der Waals surface area contributed by atoms with Crippen molar-refractivity contribution in [2.45, 2.75) is 0 Å². The summed E-state index contributed by atoms with van der Waals surface area (Å²) in [5.41, 5.74) is 1.46.